The predicted molar refractivity (Wildman–Crippen MR) is 75.1 cm³/mol. The molecule has 0 saturated heterocycles. The van der Waals surface area contributed by atoms with Crippen LogP contribution in [0.3, 0.4) is 0 Å². The number of esters is 1. The number of hydrogen-bond acceptors (Lipinski definition) is 4. The lowest BCUT2D eigenvalue weighted by Crippen LogP contribution is -2.16. The van der Waals surface area contributed by atoms with Gasteiger partial charge in [0.15, 0.2) is 0 Å². The third kappa shape index (κ3) is 4.72. The molecule has 0 spiro atoms. The summed E-state index contributed by atoms with van der Waals surface area (Å²) >= 11 is 1.79. The van der Waals surface area contributed by atoms with Crippen molar-refractivity contribution in [2.24, 2.45) is 0 Å². The van der Waals surface area contributed by atoms with E-state index in [2.05, 4.69) is 25.9 Å². The van der Waals surface area contributed by atoms with Gasteiger partial charge in [0, 0.05) is 17.0 Å². The van der Waals surface area contributed by atoms with Gasteiger partial charge in [-0.05, 0) is 19.9 Å². The van der Waals surface area contributed by atoms with Crippen molar-refractivity contribution in [2.75, 3.05) is 12.4 Å². The van der Waals surface area contributed by atoms with Crippen molar-refractivity contribution in [3.63, 3.8) is 0 Å². The van der Waals surface area contributed by atoms with E-state index in [1.165, 1.54) is 0 Å². The topological polar surface area (TPSA) is 44.1 Å². The van der Waals surface area contributed by atoms with Gasteiger partial charge in [0.05, 0.1) is 5.69 Å². The molecule has 0 unspecified atom stereocenters. The first-order valence-corrected chi connectivity index (χ1v) is 7.17. The van der Waals surface area contributed by atoms with Crippen LogP contribution in [-0.2, 0) is 11.3 Å². The second-order valence-corrected chi connectivity index (χ2v) is 7.01. The van der Waals surface area contributed by atoms with E-state index in [1.807, 2.05) is 13.8 Å². The molecular weight excluding hydrogens is 248 g/mol. The van der Waals surface area contributed by atoms with Crippen LogP contribution >= 0.6 is 11.8 Å². The molecule has 1 heterocycles. The average molecular weight is 270 g/mol. The van der Waals surface area contributed by atoms with Crippen LogP contribution in [-0.4, -0.2) is 32.9 Å². The van der Waals surface area contributed by atoms with Crippen molar-refractivity contribution < 1.29 is 9.53 Å². The van der Waals surface area contributed by atoms with Crippen molar-refractivity contribution in [2.45, 2.75) is 45.9 Å². The molecule has 0 aromatic carbocycles. The van der Waals surface area contributed by atoms with Gasteiger partial charge in [0.2, 0.25) is 0 Å². The summed E-state index contributed by atoms with van der Waals surface area (Å²) in [6.07, 6.45) is 0. The highest BCUT2D eigenvalue weighted by Crippen LogP contribution is 2.22. The van der Waals surface area contributed by atoms with Crippen molar-refractivity contribution in [1.29, 1.82) is 0 Å². The zero-order valence-electron chi connectivity index (χ0n) is 11.8. The molecule has 0 fully saturated rings. The first kappa shape index (κ1) is 15.1. The van der Waals surface area contributed by atoms with Gasteiger partial charge in [0.1, 0.15) is 12.3 Å². The molecule has 1 aromatic rings. The van der Waals surface area contributed by atoms with Gasteiger partial charge < -0.3 is 4.74 Å². The predicted octanol–water partition coefficient (Wildman–Crippen LogP) is 2.90. The third-order valence-corrected chi connectivity index (χ3v) is 3.50. The molecule has 0 N–H and O–H groups in total. The van der Waals surface area contributed by atoms with Crippen molar-refractivity contribution in [3.05, 3.63) is 17.5 Å². The fraction of sp³-hybridized carbons (Fsp3) is 0.692. The van der Waals surface area contributed by atoms with E-state index >= 15 is 0 Å². The van der Waals surface area contributed by atoms with E-state index in [-0.39, 0.29) is 10.7 Å². The molecular formula is C13H22N2O2S. The number of hydrogen-bond donors (Lipinski definition) is 0. The Bertz CT molecular complexity index is 408. The first-order chi connectivity index (χ1) is 8.33. The molecule has 0 radical (unpaired) electrons. The minimum absolute atomic E-state index is 0.203. The van der Waals surface area contributed by atoms with Gasteiger partial charge in [-0.25, -0.2) is 4.79 Å². The largest absolute Gasteiger partial charge is 0.460 e. The first-order valence-electron chi connectivity index (χ1n) is 6.19. The molecule has 1 rings (SSSR count). The van der Waals surface area contributed by atoms with Crippen LogP contribution in [0.15, 0.2) is 6.07 Å². The highest BCUT2D eigenvalue weighted by Gasteiger charge is 2.15. The Labute approximate surface area is 113 Å². The molecule has 0 atom stereocenters. The summed E-state index contributed by atoms with van der Waals surface area (Å²) in [5.74, 6) is 0.529. The van der Waals surface area contributed by atoms with Gasteiger partial charge in [0.25, 0.3) is 0 Å². The summed E-state index contributed by atoms with van der Waals surface area (Å²) in [6, 6.07) is 1.77. The number of carbonyl (C=O) groups is 1. The maximum Gasteiger partial charge on any atom is 0.356 e. The van der Waals surface area contributed by atoms with Crippen LogP contribution in [0.25, 0.3) is 0 Å². The fourth-order valence-corrected chi connectivity index (χ4v) is 2.29. The standard InChI is InChI=1S/C13H22N2O2S/c1-6-15-11(9-10(2)14-15)12(16)17-7-8-18-13(3,4)5/h9H,6-8H2,1-5H3. The van der Waals surface area contributed by atoms with Crippen molar-refractivity contribution in [1.82, 2.24) is 9.78 Å². The molecule has 18 heavy (non-hydrogen) atoms. The zero-order chi connectivity index (χ0) is 13.8. The Kier molecular flexibility index (Phi) is 5.26. The van der Waals surface area contributed by atoms with Gasteiger partial charge in [-0.1, -0.05) is 20.8 Å². The summed E-state index contributed by atoms with van der Waals surface area (Å²) in [7, 11) is 0. The van der Waals surface area contributed by atoms with Crippen LogP contribution in [0.1, 0.15) is 43.9 Å². The van der Waals surface area contributed by atoms with Gasteiger partial charge in [-0.2, -0.15) is 16.9 Å². The fourth-order valence-electron chi connectivity index (χ4n) is 1.51. The second kappa shape index (κ2) is 6.27. The molecule has 0 aliphatic rings. The Balaban J connectivity index is 2.45. The average Bonchev–Trinajstić information content (AvgIpc) is 2.64. The van der Waals surface area contributed by atoms with Gasteiger partial charge >= 0.3 is 5.97 Å². The molecule has 4 nitrogen and oxygen atoms in total. The highest BCUT2D eigenvalue weighted by atomic mass is 32.2. The number of carbonyl (C=O) groups excluding carboxylic acids is 1. The van der Waals surface area contributed by atoms with Crippen LogP contribution in [0.4, 0.5) is 0 Å². The minimum Gasteiger partial charge on any atom is -0.460 e. The number of aromatic nitrogens is 2. The van der Waals surface area contributed by atoms with Crippen LogP contribution in [0.2, 0.25) is 0 Å². The van der Waals surface area contributed by atoms with E-state index < -0.39 is 0 Å². The summed E-state index contributed by atoms with van der Waals surface area (Å²) in [6.45, 7) is 11.4. The highest BCUT2D eigenvalue weighted by molar-refractivity contribution is 8.00. The molecule has 1 aromatic heterocycles. The molecule has 102 valence electrons. The lowest BCUT2D eigenvalue weighted by atomic mass is 10.3. The second-order valence-electron chi connectivity index (χ2n) is 5.08. The van der Waals surface area contributed by atoms with Crippen LogP contribution in [0.5, 0.6) is 0 Å². The van der Waals surface area contributed by atoms with E-state index in [1.54, 1.807) is 22.5 Å². The smallest absolute Gasteiger partial charge is 0.356 e. The third-order valence-electron chi connectivity index (χ3n) is 2.26. The Morgan fingerprint density at radius 1 is 1.50 bits per heavy atom. The maximum absolute atomic E-state index is 11.9. The Hall–Kier alpha value is -0.970. The van der Waals surface area contributed by atoms with Crippen molar-refractivity contribution in [3.8, 4) is 0 Å². The Morgan fingerprint density at radius 3 is 2.72 bits per heavy atom. The minimum atomic E-state index is -0.285. The van der Waals surface area contributed by atoms with Crippen LogP contribution < -0.4 is 0 Å². The van der Waals surface area contributed by atoms with Gasteiger partial charge in [-0.3, -0.25) is 4.68 Å². The van der Waals surface area contributed by atoms with E-state index in [0.717, 1.165) is 11.4 Å². The number of ether oxygens (including phenoxy) is 1. The van der Waals surface area contributed by atoms with Crippen molar-refractivity contribution >= 4 is 17.7 Å². The SMILES string of the molecule is CCn1nc(C)cc1C(=O)OCCSC(C)(C)C. The quantitative estimate of drug-likeness (QED) is 0.609. The number of rotatable bonds is 5. The lowest BCUT2D eigenvalue weighted by molar-refractivity contribution is 0.0516. The van der Waals surface area contributed by atoms with E-state index in [9.17, 15) is 4.79 Å². The number of aryl methyl sites for hydroxylation is 2. The molecule has 0 saturated carbocycles. The summed E-state index contributed by atoms with van der Waals surface area (Å²) in [5, 5.41) is 4.23. The molecule has 0 amide bonds. The zero-order valence-corrected chi connectivity index (χ0v) is 12.6. The Morgan fingerprint density at radius 2 is 2.17 bits per heavy atom. The monoisotopic (exact) mass is 270 g/mol. The normalized spacial score (nSPS) is 11.6. The van der Waals surface area contributed by atoms with Gasteiger partial charge in [-0.15, -0.1) is 0 Å². The molecule has 0 bridgehead atoms. The molecule has 0 aliphatic heterocycles. The maximum atomic E-state index is 11.9. The summed E-state index contributed by atoms with van der Waals surface area (Å²) in [4.78, 5) is 11.9. The van der Waals surface area contributed by atoms with E-state index in [0.29, 0.717) is 18.8 Å². The number of nitrogens with zero attached hydrogens (tertiary/aromatic N) is 2. The molecule has 0 aliphatic carbocycles. The van der Waals surface area contributed by atoms with Crippen LogP contribution in [0, 0.1) is 6.92 Å². The van der Waals surface area contributed by atoms with E-state index in [4.69, 9.17) is 4.74 Å². The summed E-state index contributed by atoms with van der Waals surface area (Å²) in [5.41, 5.74) is 1.38. The lowest BCUT2D eigenvalue weighted by Gasteiger charge is -2.17. The molecule has 5 heteroatoms. The number of thioether (sulfide) groups is 1. The summed E-state index contributed by atoms with van der Waals surface area (Å²) < 4.78 is 7.14.